The number of hydrogen-bond donors (Lipinski definition) is 0. The summed E-state index contributed by atoms with van der Waals surface area (Å²) < 4.78 is 5.24. The summed E-state index contributed by atoms with van der Waals surface area (Å²) >= 11 is 5.85. The molecule has 1 heterocycles. The van der Waals surface area contributed by atoms with Crippen LogP contribution in [0.25, 0.3) is 11.4 Å². The SMILES string of the molecule is CCOc1nc(Cl)nc(-c2ccccc2C)n1. The summed E-state index contributed by atoms with van der Waals surface area (Å²) in [5.74, 6) is 0.534. The Morgan fingerprint density at radius 3 is 2.65 bits per heavy atom. The number of ether oxygens (including phenoxy) is 1. The van der Waals surface area contributed by atoms with E-state index in [0.29, 0.717) is 12.4 Å². The Morgan fingerprint density at radius 1 is 1.18 bits per heavy atom. The van der Waals surface area contributed by atoms with Gasteiger partial charge in [0.1, 0.15) is 0 Å². The number of aromatic nitrogens is 3. The van der Waals surface area contributed by atoms with Gasteiger partial charge in [0.2, 0.25) is 5.28 Å². The van der Waals surface area contributed by atoms with Gasteiger partial charge < -0.3 is 4.74 Å². The maximum absolute atomic E-state index is 5.85. The van der Waals surface area contributed by atoms with Crippen LogP contribution in [0.5, 0.6) is 6.01 Å². The second-order valence-electron chi connectivity index (χ2n) is 3.46. The van der Waals surface area contributed by atoms with Crippen molar-refractivity contribution in [3.05, 3.63) is 35.1 Å². The lowest BCUT2D eigenvalue weighted by atomic mass is 10.1. The highest BCUT2D eigenvalue weighted by Gasteiger charge is 2.09. The van der Waals surface area contributed by atoms with Crippen molar-refractivity contribution in [2.24, 2.45) is 0 Å². The molecule has 1 aromatic carbocycles. The summed E-state index contributed by atoms with van der Waals surface area (Å²) in [5, 5.41) is 0.140. The molecule has 0 N–H and O–H groups in total. The van der Waals surface area contributed by atoms with Crippen molar-refractivity contribution in [1.82, 2.24) is 15.0 Å². The second kappa shape index (κ2) is 5.10. The van der Waals surface area contributed by atoms with Crippen molar-refractivity contribution in [2.45, 2.75) is 13.8 Å². The molecule has 0 bridgehead atoms. The van der Waals surface area contributed by atoms with Gasteiger partial charge in [-0.1, -0.05) is 24.3 Å². The van der Waals surface area contributed by atoms with E-state index in [0.717, 1.165) is 11.1 Å². The molecule has 88 valence electrons. The first-order chi connectivity index (χ1) is 8.20. The minimum atomic E-state index is 0.140. The van der Waals surface area contributed by atoms with E-state index in [1.807, 2.05) is 38.1 Å². The van der Waals surface area contributed by atoms with Gasteiger partial charge in [-0.2, -0.15) is 15.0 Å². The van der Waals surface area contributed by atoms with Crippen molar-refractivity contribution < 1.29 is 4.74 Å². The maximum atomic E-state index is 5.85. The Balaban J connectivity index is 2.48. The average molecular weight is 250 g/mol. The average Bonchev–Trinajstić information content (AvgIpc) is 2.29. The van der Waals surface area contributed by atoms with Crippen LogP contribution >= 0.6 is 11.6 Å². The molecule has 5 heteroatoms. The van der Waals surface area contributed by atoms with E-state index in [9.17, 15) is 0 Å². The van der Waals surface area contributed by atoms with E-state index in [1.165, 1.54) is 0 Å². The Hall–Kier alpha value is -1.68. The molecule has 0 saturated heterocycles. The number of benzene rings is 1. The van der Waals surface area contributed by atoms with Gasteiger partial charge in [0.25, 0.3) is 0 Å². The van der Waals surface area contributed by atoms with Gasteiger partial charge in [-0.25, -0.2) is 0 Å². The van der Waals surface area contributed by atoms with E-state index >= 15 is 0 Å². The van der Waals surface area contributed by atoms with Gasteiger partial charge in [0.05, 0.1) is 6.61 Å². The first-order valence-electron chi connectivity index (χ1n) is 5.31. The van der Waals surface area contributed by atoms with E-state index < -0.39 is 0 Å². The zero-order valence-electron chi connectivity index (χ0n) is 9.64. The molecule has 0 atom stereocenters. The molecule has 4 nitrogen and oxygen atoms in total. The van der Waals surface area contributed by atoms with Gasteiger partial charge in [0.15, 0.2) is 5.82 Å². The summed E-state index contributed by atoms with van der Waals surface area (Å²) in [6.07, 6.45) is 0. The maximum Gasteiger partial charge on any atom is 0.321 e. The lowest BCUT2D eigenvalue weighted by molar-refractivity contribution is 0.312. The first-order valence-corrected chi connectivity index (χ1v) is 5.69. The minimum Gasteiger partial charge on any atom is -0.464 e. The van der Waals surface area contributed by atoms with E-state index in [1.54, 1.807) is 0 Å². The molecule has 0 aliphatic heterocycles. The largest absolute Gasteiger partial charge is 0.464 e. The van der Waals surface area contributed by atoms with Crippen molar-refractivity contribution >= 4 is 11.6 Å². The van der Waals surface area contributed by atoms with Gasteiger partial charge in [0, 0.05) is 5.56 Å². The van der Waals surface area contributed by atoms with Crippen LogP contribution in [0.4, 0.5) is 0 Å². The lowest BCUT2D eigenvalue weighted by Gasteiger charge is -2.06. The Labute approximate surface area is 105 Å². The molecule has 0 aliphatic carbocycles. The Bertz CT molecular complexity index is 531. The van der Waals surface area contributed by atoms with Gasteiger partial charge >= 0.3 is 6.01 Å². The molecule has 1 aromatic heterocycles. The summed E-state index contributed by atoms with van der Waals surface area (Å²) in [7, 11) is 0. The minimum absolute atomic E-state index is 0.140. The van der Waals surface area contributed by atoms with Gasteiger partial charge in [-0.3, -0.25) is 0 Å². The molecule has 0 radical (unpaired) electrons. The Morgan fingerprint density at radius 2 is 1.94 bits per heavy atom. The quantitative estimate of drug-likeness (QED) is 0.839. The molecule has 0 aliphatic rings. The third kappa shape index (κ3) is 2.71. The van der Waals surface area contributed by atoms with Crippen molar-refractivity contribution in [3.8, 4) is 17.4 Å². The van der Waals surface area contributed by atoms with Gasteiger partial charge in [-0.15, -0.1) is 0 Å². The molecule has 0 unspecified atom stereocenters. The fraction of sp³-hybridized carbons (Fsp3) is 0.250. The summed E-state index contributed by atoms with van der Waals surface area (Å²) in [4.78, 5) is 12.2. The zero-order valence-corrected chi connectivity index (χ0v) is 10.4. The second-order valence-corrected chi connectivity index (χ2v) is 3.80. The lowest BCUT2D eigenvalue weighted by Crippen LogP contribution is -2.01. The monoisotopic (exact) mass is 249 g/mol. The molecule has 0 amide bonds. The van der Waals surface area contributed by atoms with E-state index in [-0.39, 0.29) is 11.3 Å². The fourth-order valence-corrected chi connectivity index (χ4v) is 1.62. The predicted molar refractivity (Wildman–Crippen MR) is 66.2 cm³/mol. The normalized spacial score (nSPS) is 10.3. The highest BCUT2D eigenvalue weighted by molar-refractivity contribution is 6.28. The summed E-state index contributed by atoms with van der Waals surface area (Å²) in [6.45, 7) is 4.35. The molecular weight excluding hydrogens is 238 g/mol. The number of hydrogen-bond acceptors (Lipinski definition) is 4. The van der Waals surface area contributed by atoms with Crippen LogP contribution in [0.15, 0.2) is 24.3 Å². The summed E-state index contributed by atoms with van der Waals surface area (Å²) in [5.41, 5.74) is 2.01. The van der Waals surface area contributed by atoms with Crippen molar-refractivity contribution in [2.75, 3.05) is 6.61 Å². The molecule has 0 saturated carbocycles. The zero-order chi connectivity index (χ0) is 12.3. The molecule has 2 aromatic rings. The van der Waals surface area contributed by atoms with Crippen LogP contribution in [0.3, 0.4) is 0 Å². The van der Waals surface area contributed by atoms with Gasteiger partial charge in [-0.05, 0) is 31.0 Å². The fourth-order valence-electron chi connectivity index (χ4n) is 1.47. The smallest absolute Gasteiger partial charge is 0.321 e. The predicted octanol–water partition coefficient (Wildman–Crippen LogP) is 2.90. The first kappa shape index (κ1) is 11.8. The third-order valence-electron chi connectivity index (χ3n) is 2.25. The van der Waals surface area contributed by atoms with Crippen LogP contribution in [-0.2, 0) is 0 Å². The molecular formula is C12H12ClN3O. The molecule has 17 heavy (non-hydrogen) atoms. The van der Waals surface area contributed by atoms with Crippen molar-refractivity contribution in [3.63, 3.8) is 0 Å². The topological polar surface area (TPSA) is 47.9 Å². The van der Waals surface area contributed by atoms with Crippen LogP contribution in [0.2, 0.25) is 5.28 Å². The molecule has 0 fully saturated rings. The highest BCUT2D eigenvalue weighted by atomic mass is 35.5. The van der Waals surface area contributed by atoms with E-state index in [2.05, 4.69) is 15.0 Å². The highest BCUT2D eigenvalue weighted by Crippen LogP contribution is 2.21. The van der Waals surface area contributed by atoms with Crippen LogP contribution in [0, 0.1) is 6.92 Å². The van der Waals surface area contributed by atoms with Crippen LogP contribution in [-0.4, -0.2) is 21.6 Å². The van der Waals surface area contributed by atoms with E-state index in [4.69, 9.17) is 16.3 Å². The van der Waals surface area contributed by atoms with Crippen molar-refractivity contribution in [1.29, 1.82) is 0 Å². The number of rotatable bonds is 3. The Kier molecular flexibility index (Phi) is 3.54. The van der Waals surface area contributed by atoms with Crippen LogP contribution < -0.4 is 4.74 Å². The number of halogens is 1. The molecule has 2 rings (SSSR count). The number of aryl methyl sites for hydroxylation is 1. The standard InChI is InChI=1S/C12H12ClN3O/c1-3-17-12-15-10(14-11(13)16-12)9-7-5-4-6-8(9)2/h4-7H,3H2,1-2H3. The summed E-state index contributed by atoms with van der Waals surface area (Å²) in [6, 6.07) is 8.08. The third-order valence-corrected chi connectivity index (χ3v) is 2.42. The van der Waals surface area contributed by atoms with Crippen LogP contribution in [0.1, 0.15) is 12.5 Å². The molecule has 0 spiro atoms. The number of nitrogens with zero attached hydrogens (tertiary/aromatic N) is 3.